The molecule has 11 heteroatoms. The second kappa shape index (κ2) is 11.8. The van der Waals surface area contributed by atoms with Gasteiger partial charge in [-0.25, -0.2) is 4.79 Å². The second-order valence-electron chi connectivity index (χ2n) is 7.34. The first-order valence-electron chi connectivity index (χ1n) is 10.2. The molecule has 0 fully saturated rings. The largest absolute Gasteiger partial charge is 0.480 e. The third-order valence-corrected chi connectivity index (χ3v) is 5.61. The highest BCUT2D eigenvalue weighted by Gasteiger charge is 2.21. The summed E-state index contributed by atoms with van der Waals surface area (Å²) in [7, 11) is 0. The van der Waals surface area contributed by atoms with Crippen LogP contribution in [-0.2, 0) is 16.0 Å². The lowest BCUT2D eigenvalue weighted by molar-refractivity contribution is -0.141. The molecule has 1 aliphatic rings. The average Bonchev–Trinajstić information content (AvgIpc) is 2.77. The Hall–Kier alpha value is -2.92. The van der Waals surface area contributed by atoms with E-state index >= 15 is 0 Å². The fourth-order valence-corrected chi connectivity index (χ4v) is 4.55. The fourth-order valence-electron chi connectivity index (χ4n) is 3.16. The van der Waals surface area contributed by atoms with Gasteiger partial charge in [0.2, 0.25) is 5.91 Å². The molecule has 9 nitrogen and oxygen atoms in total. The van der Waals surface area contributed by atoms with Gasteiger partial charge in [-0.05, 0) is 48.4 Å². The predicted octanol–water partition coefficient (Wildman–Crippen LogP) is 2.51. The minimum Gasteiger partial charge on any atom is -0.480 e. The van der Waals surface area contributed by atoms with E-state index in [0.717, 1.165) is 34.0 Å². The molecule has 0 radical (unpaired) electrons. The van der Waals surface area contributed by atoms with Crippen LogP contribution in [0.4, 0.5) is 5.69 Å². The Kier molecular flexibility index (Phi) is 8.84. The Morgan fingerprint density at radius 2 is 1.88 bits per heavy atom. The Balaban J connectivity index is 1.54. The lowest BCUT2D eigenvalue weighted by Crippen LogP contribution is -2.46. The number of anilines is 1. The highest BCUT2D eigenvalue weighted by Crippen LogP contribution is 2.21. The number of hydrogen-bond acceptors (Lipinski definition) is 6. The highest BCUT2D eigenvalue weighted by molar-refractivity contribution is 9.11. The molecule has 1 heterocycles. The normalized spacial score (nSPS) is 13.8. The van der Waals surface area contributed by atoms with E-state index in [1.54, 1.807) is 36.4 Å². The lowest BCUT2D eigenvalue weighted by atomic mass is 10.1. The molecule has 3 rings (SSSR count). The SMILES string of the molecule is O=C(CNC(=O)c1cccc(NC2=NCCCN2)c1)NC(Cc1cc(Br)cc(Br)c1)C(=O)O. The van der Waals surface area contributed by atoms with Gasteiger partial charge in [0.1, 0.15) is 6.04 Å². The molecule has 2 amide bonds. The van der Waals surface area contributed by atoms with E-state index in [2.05, 4.69) is 58.1 Å². The summed E-state index contributed by atoms with van der Waals surface area (Å²) < 4.78 is 1.58. The van der Waals surface area contributed by atoms with Crippen LogP contribution in [0.3, 0.4) is 0 Å². The zero-order valence-electron chi connectivity index (χ0n) is 17.5. The molecule has 0 aliphatic carbocycles. The van der Waals surface area contributed by atoms with Gasteiger partial charge in [0.05, 0.1) is 6.54 Å². The number of carbonyl (C=O) groups excluding carboxylic acids is 2. The third-order valence-electron chi connectivity index (χ3n) is 4.69. The molecule has 1 atom stereocenters. The number of carbonyl (C=O) groups is 3. The summed E-state index contributed by atoms with van der Waals surface area (Å²) in [6.45, 7) is 1.22. The zero-order chi connectivity index (χ0) is 23.8. The monoisotopic (exact) mass is 579 g/mol. The van der Waals surface area contributed by atoms with E-state index in [1.807, 2.05) is 6.07 Å². The van der Waals surface area contributed by atoms with Crippen LogP contribution in [0.15, 0.2) is 56.4 Å². The minimum atomic E-state index is -1.16. The molecule has 0 aromatic heterocycles. The Morgan fingerprint density at radius 3 is 2.55 bits per heavy atom. The number of nitrogens with one attached hydrogen (secondary N) is 4. The van der Waals surface area contributed by atoms with Crippen LogP contribution >= 0.6 is 31.9 Å². The van der Waals surface area contributed by atoms with Gasteiger partial charge < -0.3 is 26.4 Å². The molecular formula is C22H23Br2N5O4. The van der Waals surface area contributed by atoms with Crippen molar-refractivity contribution >= 4 is 61.3 Å². The van der Waals surface area contributed by atoms with Crippen molar-refractivity contribution in [2.75, 3.05) is 25.0 Å². The van der Waals surface area contributed by atoms with Gasteiger partial charge in [-0.3, -0.25) is 14.6 Å². The molecule has 174 valence electrons. The van der Waals surface area contributed by atoms with Gasteiger partial charge in [0.15, 0.2) is 5.96 Å². The smallest absolute Gasteiger partial charge is 0.326 e. The van der Waals surface area contributed by atoms with Crippen molar-refractivity contribution < 1.29 is 19.5 Å². The van der Waals surface area contributed by atoms with Crippen molar-refractivity contribution in [1.29, 1.82) is 0 Å². The topological polar surface area (TPSA) is 132 Å². The predicted molar refractivity (Wildman–Crippen MR) is 132 cm³/mol. The van der Waals surface area contributed by atoms with Crippen molar-refractivity contribution in [1.82, 2.24) is 16.0 Å². The molecule has 2 aromatic rings. The summed E-state index contributed by atoms with van der Waals surface area (Å²) in [5, 5.41) is 20.7. The molecule has 5 N–H and O–H groups in total. The maximum atomic E-state index is 12.5. The number of benzene rings is 2. The second-order valence-corrected chi connectivity index (χ2v) is 9.17. The van der Waals surface area contributed by atoms with E-state index in [9.17, 15) is 19.5 Å². The van der Waals surface area contributed by atoms with Crippen molar-refractivity contribution in [3.63, 3.8) is 0 Å². The number of aliphatic imine (C=N–C) groups is 1. The number of hydrogen-bond donors (Lipinski definition) is 5. The first kappa shape index (κ1) is 24.7. The van der Waals surface area contributed by atoms with Crippen LogP contribution in [0.2, 0.25) is 0 Å². The molecule has 1 aliphatic heterocycles. The number of carboxylic acids is 1. The third kappa shape index (κ3) is 7.86. The Labute approximate surface area is 207 Å². The highest BCUT2D eigenvalue weighted by atomic mass is 79.9. The quantitative estimate of drug-likeness (QED) is 0.326. The maximum Gasteiger partial charge on any atom is 0.326 e. The number of aliphatic carboxylic acids is 1. The standard InChI is InChI=1S/C22H23Br2N5O4/c23-15-7-13(8-16(24)11-15)9-18(21(32)33)29-19(30)12-27-20(31)14-3-1-4-17(10-14)28-22-25-5-2-6-26-22/h1,3-4,7-8,10-11,18H,2,5-6,9,12H2,(H,27,31)(H,29,30)(H,32,33)(H2,25,26,28). The van der Waals surface area contributed by atoms with Gasteiger partial charge in [-0.2, -0.15) is 0 Å². The molecule has 0 spiro atoms. The zero-order valence-corrected chi connectivity index (χ0v) is 20.7. The molecule has 0 saturated carbocycles. The van der Waals surface area contributed by atoms with Gasteiger partial charge in [0.25, 0.3) is 5.91 Å². The van der Waals surface area contributed by atoms with E-state index in [4.69, 9.17) is 0 Å². The summed E-state index contributed by atoms with van der Waals surface area (Å²) in [6, 6.07) is 11.1. The van der Waals surface area contributed by atoms with Gasteiger partial charge in [-0.15, -0.1) is 0 Å². The summed E-state index contributed by atoms with van der Waals surface area (Å²) in [5.74, 6) is -1.56. The number of halogens is 2. The molecule has 1 unspecified atom stereocenters. The van der Waals surface area contributed by atoms with Crippen LogP contribution in [0.25, 0.3) is 0 Å². The first-order chi connectivity index (χ1) is 15.8. The van der Waals surface area contributed by atoms with E-state index in [-0.39, 0.29) is 13.0 Å². The fraction of sp³-hybridized carbons (Fsp3) is 0.273. The number of guanidine groups is 1. The van der Waals surface area contributed by atoms with Crippen molar-refractivity contribution in [2.45, 2.75) is 18.9 Å². The number of carboxylic acid groups (broad SMARTS) is 1. The van der Waals surface area contributed by atoms with Crippen molar-refractivity contribution in [3.8, 4) is 0 Å². The Bertz CT molecular complexity index is 1060. The number of nitrogens with zero attached hydrogens (tertiary/aromatic N) is 1. The summed E-state index contributed by atoms with van der Waals surface area (Å²) in [4.78, 5) is 40.7. The van der Waals surface area contributed by atoms with Gasteiger partial charge >= 0.3 is 5.97 Å². The Morgan fingerprint density at radius 1 is 1.12 bits per heavy atom. The maximum absolute atomic E-state index is 12.5. The summed E-state index contributed by atoms with van der Waals surface area (Å²) >= 11 is 6.72. The van der Waals surface area contributed by atoms with E-state index in [0.29, 0.717) is 17.2 Å². The van der Waals surface area contributed by atoms with Crippen molar-refractivity contribution in [2.24, 2.45) is 4.99 Å². The lowest BCUT2D eigenvalue weighted by Gasteiger charge is -2.17. The van der Waals surface area contributed by atoms with Crippen molar-refractivity contribution in [3.05, 3.63) is 62.5 Å². The van der Waals surface area contributed by atoms with E-state index in [1.165, 1.54) is 0 Å². The summed E-state index contributed by atoms with van der Waals surface area (Å²) in [6.07, 6.45) is 1.07. The van der Waals surface area contributed by atoms with Crippen LogP contribution in [0.1, 0.15) is 22.3 Å². The summed E-state index contributed by atoms with van der Waals surface area (Å²) in [5.41, 5.74) is 1.78. The minimum absolute atomic E-state index is 0.0959. The molecular weight excluding hydrogens is 558 g/mol. The van der Waals surface area contributed by atoms with Crippen LogP contribution < -0.4 is 21.3 Å². The average molecular weight is 581 g/mol. The van der Waals surface area contributed by atoms with Gasteiger partial charge in [-0.1, -0.05) is 37.9 Å². The van der Waals surface area contributed by atoms with Gasteiger partial charge in [0, 0.05) is 39.7 Å². The van der Waals surface area contributed by atoms with Crippen LogP contribution in [0, 0.1) is 0 Å². The van der Waals surface area contributed by atoms with Crippen LogP contribution in [0.5, 0.6) is 0 Å². The van der Waals surface area contributed by atoms with Crippen LogP contribution in [-0.4, -0.2) is 54.5 Å². The molecule has 2 aromatic carbocycles. The molecule has 0 saturated heterocycles. The number of amides is 2. The molecule has 0 bridgehead atoms. The molecule has 33 heavy (non-hydrogen) atoms. The van der Waals surface area contributed by atoms with E-state index < -0.39 is 23.8 Å². The first-order valence-corrected chi connectivity index (χ1v) is 11.8. The number of rotatable bonds is 8.